The number of imide groups is 1. The number of hydrogen-bond donors (Lipinski definition) is 3. The van der Waals surface area contributed by atoms with Crippen LogP contribution in [0.15, 0.2) is 30.3 Å². The number of phenols is 1. The Morgan fingerprint density at radius 3 is 2.61 bits per heavy atom. The van der Waals surface area contributed by atoms with Gasteiger partial charge in [-0.2, -0.15) is 0 Å². The van der Waals surface area contributed by atoms with Gasteiger partial charge >= 0.3 is 0 Å². The fraction of sp³-hybridized carbons (Fsp3) is 0.217. The number of benzene rings is 2. The van der Waals surface area contributed by atoms with E-state index in [4.69, 9.17) is 23.2 Å². The second-order valence-corrected chi connectivity index (χ2v) is 8.43. The summed E-state index contributed by atoms with van der Waals surface area (Å²) in [7, 11) is 0. The molecule has 1 unspecified atom stereocenters. The molecule has 0 spiro atoms. The van der Waals surface area contributed by atoms with Crippen LogP contribution in [0.5, 0.6) is 5.75 Å². The molecule has 1 atom stereocenters. The number of fused-ring (bicyclic) bond motifs is 1. The Balaban J connectivity index is 1.39. The Kier molecular flexibility index (Phi) is 6.27. The van der Waals surface area contributed by atoms with Crippen LogP contribution in [0.4, 0.5) is 0 Å². The van der Waals surface area contributed by atoms with Crippen LogP contribution < -0.4 is 10.6 Å². The van der Waals surface area contributed by atoms with E-state index >= 15 is 0 Å². The standard InChI is InChI=1S/C23H17Cl2N3O5/c24-16-8-12(9-17(25)21(16)31)2-5-19(29)26-10-13-1-3-15-14(7-13)11-28(23(15)33)18-4-6-20(30)27-22(18)32/h1,3,7-9,18,31H,4,6,10-11H2,(H,26,29)(H,27,30,32). The van der Waals surface area contributed by atoms with Crippen molar-refractivity contribution in [2.45, 2.75) is 32.0 Å². The molecule has 8 nitrogen and oxygen atoms in total. The first kappa shape index (κ1) is 22.6. The number of carbonyl (C=O) groups is 4. The topological polar surface area (TPSA) is 116 Å². The molecule has 0 aliphatic carbocycles. The van der Waals surface area contributed by atoms with Crippen molar-refractivity contribution in [3.8, 4) is 17.6 Å². The number of nitrogens with zero attached hydrogens (tertiary/aromatic N) is 1. The minimum atomic E-state index is -0.678. The normalized spacial score (nSPS) is 17.2. The van der Waals surface area contributed by atoms with Gasteiger partial charge in [-0.25, -0.2) is 0 Å². The van der Waals surface area contributed by atoms with Gasteiger partial charge < -0.3 is 15.3 Å². The van der Waals surface area contributed by atoms with Gasteiger partial charge in [-0.1, -0.05) is 41.3 Å². The number of piperidine rings is 1. The molecule has 0 aromatic heterocycles. The molecule has 2 aromatic carbocycles. The molecule has 0 bridgehead atoms. The average Bonchev–Trinajstić information content (AvgIpc) is 3.10. The fourth-order valence-electron chi connectivity index (χ4n) is 3.73. The maximum atomic E-state index is 12.7. The zero-order chi connectivity index (χ0) is 23.7. The summed E-state index contributed by atoms with van der Waals surface area (Å²) in [4.78, 5) is 49.8. The first-order valence-electron chi connectivity index (χ1n) is 9.97. The largest absolute Gasteiger partial charge is 0.505 e. The van der Waals surface area contributed by atoms with E-state index in [0.29, 0.717) is 17.5 Å². The van der Waals surface area contributed by atoms with E-state index in [1.807, 2.05) is 0 Å². The van der Waals surface area contributed by atoms with Crippen molar-refractivity contribution in [1.29, 1.82) is 0 Å². The lowest BCUT2D eigenvalue weighted by Gasteiger charge is -2.29. The van der Waals surface area contributed by atoms with E-state index < -0.39 is 17.9 Å². The number of aromatic hydroxyl groups is 1. The number of amides is 4. The Hall–Kier alpha value is -3.54. The van der Waals surface area contributed by atoms with Crippen LogP contribution in [-0.4, -0.2) is 39.7 Å². The zero-order valence-corrected chi connectivity index (χ0v) is 18.6. The summed E-state index contributed by atoms with van der Waals surface area (Å²) in [5.41, 5.74) is 2.38. The van der Waals surface area contributed by atoms with E-state index in [0.717, 1.165) is 11.1 Å². The molecule has 2 aliphatic rings. The highest BCUT2D eigenvalue weighted by Crippen LogP contribution is 2.32. The first-order valence-corrected chi connectivity index (χ1v) is 10.7. The Labute approximate surface area is 198 Å². The van der Waals surface area contributed by atoms with Crippen molar-refractivity contribution in [3.63, 3.8) is 0 Å². The minimum absolute atomic E-state index is 0.0336. The molecular weight excluding hydrogens is 469 g/mol. The molecule has 0 radical (unpaired) electrons. The summed E-state index contributed by atoms with van der Waals surface area (Å²) >= 11 is 11.7. The van der Waals surface area contributed by atoms with Crippen LogP contribution in [0, 0.1) is 11.8 Å². The Morgan fingerprint density at radius 1 is 1.18 bits per heavy atom. The van der Waals surface area contributed by atoms with Crippen LogP contribution >= 0.6 is 23.2 Å². The van der Waals surface area contributed by atoms with Crippen LogP contribution in [0.1, 0.15) is 39.9 Å². The van der Waals surface area contributed by atoms with Crippen molar-refractivity contribution in [1.82, 2.24) is 15.5 Å². The van der Waals surface area contributed by atoms with Gasteiger partial charge in [0.05, 0.1) is 10.0 Å². The molecule has 10 heteroatoms. The van der Waals surface area contributed by atoms with Crippen LogP contribution in [0.3, 0.4) is 0 Å². The molecule has 4 amide bonds. The maximum absolute atomic E-state index is 12.7. The van der Waals surface area contributed by atoms with E-state index in [1.54, 1.807) is 18.2 Å². The van der Waals surface area contributed by atoms with Gasteiger partial charge in [0.15, 0.2) is 5.75 Å². The Morgan fingerprint density at radius 2 is 1.91 bits per heavy atom. The molecule has 2 heterocycles. The molecule has 168 valence electrons. The monoisotopic (exact) mass is 485 g/mol. The van der Waals surface area contributed by atoms with Gasteiger partial charge in [0.2, 0.25) is 11.8 Å². The van der Waals surface area contributed by atoms with E-state index in [2.05, 4.69) is 22.5 Å². The molecule has 1 saturated heterocycles. The van der Waals surface area contributed by atoms with Crippen molar-refractivity contribution in [3.05, 3.63) is 62.6 Å². The third-order valence-electron chi connectivity index (χ3n) is 5.38. The summed E-state index contributed by atoms with van der Waals surface area (Å²) in [6, 6.07) is 7.30. The summed E-state index contributed by atoms with van der Waals surface area (Å²) in [6.07, 6.45) is 0.487. The highest BCUT2D eigenvalue weighted by molar-refractivity contribution is 6.37. The van der Waals surface area contributed by atoms with Crippen molar-refractivity contribution >= 4 is 46.8 Å². The fourth-order valence-corrected chi connectivity index (χ4v) is 4.22. The molecule has 2 aromatic rings. The first-order chi connectivity index (χ1) is 15.7. The lowest BCUT2D eigenvalue weighted by molar-refractivity contribution is -0.137. The average molecular weight is 486 g/mol. The number of phenolic OH excluding ortho intramolecular Hbond substituents is 1. The van der Waals surface area contributed by atoms with E-state index in [-0.39, 0.29) is 47.1 Å². The zero-order valence-electron chi connectivity index (χ0n) is 17.1. The predicted molar refractivity (Wildman–Crippen MR) is 119 cm³/mol. The van der Waals surface area contributed by atoms with Crippen LogP contribution in [0.2, 0.25) is 10.0 Å². The number of halogens is 2. The third-order valence-corrected chi connectivity index (χ3v) is 5.95. The highest BCUT2D eigenvalue weighted by atomic mass is 35.5. The Bertz CT molecular complexity index is 1240. The minimum Gasteiger partial charge on any atom is -0.505 e. The molecular formula is C23H17Cl2N3O5. The second-order valence-electron chi connectivity index (χ2n) is 7.61. The quantitative estimate of drug-likeness (QED) is 0.454. The third kappa shape index (κ3) is 4.80. The number of nitrogens with one attached hydrogen (secondary N) is 2. The maximum Gasteiger partial charge on any atom is 0.296 e. The van der Waals surface area contributed by atoms with Gasteiger partial charge in [-0.3, -0.25) is 24.5 Å². The smallest absolute Gasteiger partial charge is 0.296 e. The second kappa shape index (κ2) is 9.14. The van der Waals surface area contributed by atoms with E-state index in [1.165, 1.54) is 17.0 Å². The number of rotatable bonds is 3. The molecule has 3 N–H and O–H groups in total. The SMILES string of the molecule is O=C(C#Cc1cc(Cl)c(O)c(Cl)c1)NCc1ccc2c(c1)CN(C1CCC(=O)NC1=O)C2=O. The van der Waals surface area contributed by atoms with Gasteiger partial charge in [0, 0.05) is 36.6 Å². The molecule has 1 fully saturated rings. The summed E-state index contributed by atoms with van der Waals surface area (Å²) < 4.78 is 0. The van der Waals surface area contributed by atoms with Gasteiger partial charge in [-0.15, -0.1) is 0 Å². The number of hydrogen-bond acceptors (Lipinski definition) is 5. The van der Waals surface area contributed by atoms with Crippen LogP contribution in [0.25, 0.3) is 0 Å². The van der Waals surface area contributed by atoms with E-state index in [9.17, 15) is 24.3 Å². The van der Waals surface area contributed by atoms with Crippen LogP contribution in [-0.2, 0) is 27.5 Å². The lowest BCUT2D eigenvalue weighted by Crippen LogP contribution is -2.52. The highest BCUT2D eigenvalue weighted by Gasteiger charge is 2.39. The molecule has 0 saturated carbocycles. The molecule has 2 aliphatic heterocycles. The molecule has 4 rings (SSSR count). The van der Waals surface area contributed by atoms with Gasteiger partial charge in [0.25, 0.3) is 11.8 Å². The summed E-state index contributed by atoms with van der Waals surface area (Å²) in [5, 5.41) is 14.6. The lowest BCUT2D eigenvalue weighted by atomic mass is 10.0. The summed E-state index contributed by atoms with van der Waals surface area (Å²) in [6.45, 7) is 0.439. The predicted octanol–water partition coefficient (Wildman–Crippen LogP) is 2.13. The molecule has 33 heavy (non-hydrogen) atoms. The van der Waals surface area contributed by atoms with Gasteiger partial charge in [-0.05, 0) is 35.7 Å². The van der Waals surface area contributed by atoms with Crippen molar-refractivity contribution in [2.75, 3.05) is 0 Å². The summed E-state index contributed by atoms with van der Waals surface area (Å²) in [5.74, 6) is 3.22. The van der Waals surface area contributed by atoms with Crippen molar-refractivity contribution < 1.29 is 24.3 Å². The van der Waals surface area contributed by atoms with Gasteiger partial charge in [0.1, 0.15) is 6.04 Å². The van der Waals surface area contributed by atoms with Crippen molar-refractivity contribution in [2.24, 2.45) is 0 Å². The number of carbonyl (C=O) groups excluding carboxylic acids is 4.